The highest BCUT2D eigenvalue weighted by molar-refractivity contribution is 8.13. The minimum atomic E-state index is -5.57. The highest BCUT2D eigenvalue weighted by Gasteiger charge is 2.50. The molecule has 3 heterocycles. The average molecular weight is 1000 g/mol. The number of nitrogens with zero attached hydrogens (tertiary/aromatic N) is 4. The van der Waals surface area contributed by atoms with Gasteiger partial charge in [-0.25, -0.2) is 28.6 Å². The Balaban J connectivity index is 1.33. The number of carbonyl (C=O) groups is 3. The van der Waals surface area contributed by atoms with Gasteiger partial charge < -0.3 is 50.9 Å². The molecule has 2 aromatic heterocycles. The zero-order chi connectivity index (χ0) is 48.3. The third kappa shape index (κ3) is 20.6. The summed E-state index contributed by atoms with van der Waals surface area (Å²) in [6.45, 7) is 2.77. The minimum Gasteiger partial charge on any atom is -0.386 e. The average Bonchev–Trinajstić information content (AvgIpc) is 3.79. The van der Waals surface area contributed by atoms with E-state index in [1.807, 2.05) is 0 Å². The Bertz CT molecular complexity index is 2010. The van der Waals surface area contributed by atoms with Gasteiger partial charge in [-0.2, -0.15) is 4.31 Å². The summed E-state index contributed by atoms with van der Waals surface area (Å²) in [5.74, 6) is -1.03. The van der Waals surface area contributed by atoms with E-state index in [-0.39, 0.29) is 41.6 Å². The van der Waals surface area contributed by atoms with Crippen molar-refractivity contribution in [2.45, 2.75) is 135 Å². The van der Waals surface area contributed by atoms with Crippen molar-refractivity contribution in [1.82, 2.24) is 30.2 Å². The van der Waals surface area contributed by atoms with E-state index in [2.05, 4.69) is 53.5 Å². The van der Waals surface area contributed by atoms with Crippen LogP contribution in [0.25, 0.3) is 11.2 Å². The number of imidazole rings is 1. The number of allylic oxidation sites excluding steroid dienone is 2. The molecular weight excluding hydrogens is 939 g/mol. The van der Waals surface area contributed by atoms with E-state index in [0.29, 0.717) is 12.2 Å². The maximum atomic E-state index is 12.7. The second kappa shape index (κ2) is 27.3. The summed E-state index contributed by atoms with van der Waals surface area (Å²) < 4.78 is 62.4. The molecule has 2 unspecified atom stereocenters. The number of aliphatic hydroxyl groups is 2. The van der Waals surface area contributed by atoms with E-state index in [4.69, 9.17) is 19.5 Å². The van der Waals surface area contributed by atoms with Crippen LogP contribution in [0.15, 0.2) is 24.8 Å². The summed E-state index contributed by atoms with van der Waals surface area (Å²) in [7, 11) is -16.4. The molecule has 0 spiro atoms. The Kier molecular flexibility index (Phi) is 23.8. The quantitative estimate of drug-likeness (QED) is 0.0285. The fraction of sp³-hybridized carbons (Fsp3) is 0.730. The molecule has 10 N–H and O–H groups in total. The van der Waals surface area contributed by atoms with E-state index in [9.17, 15) is 57.9 Å². The molecule has 2 aromatic rings. The number of aliphatic hydroxyl groups excluding tert-OH is 2. The number of hydrogen-bond donors (Lipinski definition) is 9. The zero-order valence-corrected chi connectivity index (χ0v) is 40.2. The van der Waals surface area contributed by atoms with Gasteiger partial charge in [-0.3, -0.25) is 32.5 Å². The van der Waals surface area contributed by atoms with Gasteiger partial charge in [0.25, 0.3) is 0 Å². The Morgan fingerprint density at radius 3 is 2.25 bits per heavy atom. The molecule has 7 atom stereocenters. The number of unbranched alkanes of at least 4 members (excludes halogenated alkanes) is 9. The van der Waals surface area contributed by atoms with Crippen molar-refractivity contribution >= 4 is 69.1 Å². The molecule has 28 heteroatoms. The fourth-order valence-electron chi connectivity index (χ4n) is 6.35. The van der Waals surface area contributed by atoms with E-state index in [0.717, 1.165) is 73.9 Å². The Labute approximate surface area is 381 Å². The number of nitrogens with two attached hydrogens (primary N) is 1. The van der Waals surface area contributed by atoms with Gasteiger partial charge in [0.1, 0.15) is 36.3 Å². The van der Waals surface area contributed by atoms with Crippen LogP contribution in [-0.2, 0) is 50.7 Å². The molecule has 0 radical (unpaired) electrons. The van der Waals surface area contributed by atoms with Crippen molar-refractivity contribution in [2.75, 3.05) is 37.8 Å². The standard InChI is InChI=1S/C37H64N7O17P3S/c1-4-5-6-7-8-9-10-11-12-13-14-15-16-17-28(46)65-21-20-39-27(45)18-19-40-35(49)32(48)37(2,3)23-58-64(55,56)61-63(53,54)57-22-26-31(60-62(50,51)52)30(47)36(59-26)44-25-43-29-33(38)41-24-42-34(29)44/h9-10,24-26,30-32,36,47-48H,4-8,11-23H2,1-3H3,(H,39,45)(H,40,49)(H,53,54)(H,55,56)(H2,38,41,42)(H2,50,51,52)/b10-9-/t26-,30-,31+,32+,36-/m1/s1. The van der Waals surface area contributed by atoms with Crippen molar-refractivity contribution in [2.24, 2.45) is 5.41 Å². The number of nitrogen functional groups attached to an aromatic ring is 1. The van der Waals surface area contributed by atoms with Gasteiger partial charge in [0.15, 0.2) is 22.8 Å². The largest absolute Gasteiger partial charge is 0.481 e. The molecule has 3 rings (SSSR count). The number of rotatable bonds is 32. The molecule has 2 amide bonds. The van der Waals surface area contributed by atoms with E-state index in [1.165, 1.54) is 39.5 Å². The fourth-order valence-corrected chi connectivity index (χ4v) is 9.90. The van der Waals surface area contributed by atoms with Gasteiger partial charge in [0, 0.05) is 37.1 Å². The lowest BCUT2D eigenvalue weighted by Crippen LogP contribution is -2.46. The molecule has 1 fully saturated rings. The number of aromatic nitrogens is 4. The van der Waals surface area contributed by atoms with Gasteiger partial charge in [-0.15, -0.1) is 0 Å². The molecular formula is C37H64N7O17P3S. The first-order valence-corrected chi connectivity index (χ1v) is 26.8. The van der Waals surface area contributed by atoms with Crippen molar-refractivity contribution in [3.8, 4) is 0 Å². The predicted octanol–water partition coefficient (Wildman–Crippen LogP) is 3.92. The molecule has 0 aliphatic carbocycles. The zero-order valence-electron chi connectivity index (χ0n) is 36.7. The van der Waals surface area contributed by atoms with Crippen molar-refractivity contribution in [3.63, 3.8) is 0 Å². The molecule has 1 aliphatic heterocycles. The van der Waals surface area contributed by atoms with Crippen LogP contribution in [-0.4, -0.2) is 123 Å². The van der Waals surface area contributed by atoms with Crippen LogP contribution in [0.1, 0.15) is 110 Å². The maximum Gasteiger partial charge on any atom is 0.481 e. The highest BCUT2D eigenvalue weighted by Crippen LogP contribution is 2.61. The number of ether oxygens (including phenoxy) is 1. The Morgan fingerprint density at radius 2 is 1.57 bits per heavy atom. The number of fused-ring (bicyclic) bond motifs is 1. The topological polar surface area (TPSA) is 364 Å². The maximum absolute atomic E-state index is 12.7. The molecule has 0 aromatic carbocycles. The molecule has 0 bridgehead atoms. The molecule has 0 saturated carbocycles. The third-order valence-corrected chi connectivity index (χ3v) is 13.9. The van der Waals surface area contributed by atoms with Crippen molar-refractivity contribution in [1.29, 1.82) is 0 Å². The summed E-state index contributed by atoms with van der Waals surface area (Å²) in [5, 5.41) is 26.6. The Hall–Kier alpha value is -2.70. The highest BCUT2D eigenvalue weighted by atomic mass is 32.2. The normalized spacial score (nSPS) is 20.4. The summed E-state index contributed by atoms with van der Waals surface area (Å²) >= 11 is 1.15. The number of nitrogens with one attached hydrogen (secondary N) is 2. The summed E-state index contributed by atoms with van der Waals surface area (Å²) in [6.07, 6.45) is 10.7. The van der Waals surface area contributed by atoms with Gasteiger partial charge in [-0.05, 0) is 32.1 Å². The molecule has 24 nitrogen and oxygen atoms in total. The van der Waals surface area contributed by atoms with Crippen LogP contribution in [0.4, 0.5) is 5.82 Å². The van der Waals surface area contributed by atoms with Gasteiger partial charge in [-0.1, -0.05) is 83.2 Å². The van der Waals surface area contributed by atoms with Gasteiger partial charge >= 0.3 is 23.5 Å². The van der Waals surface area contributed by atoms with Gasteiger partial charge in [0.2, 0.25) is 11.8 Å². The summed E-state index contributed by atoms with van der Waals surface area (Å²) in [4.78, 5) is 88.2. The van der Waals surface area contributed by atoms with Crippen LogP contribution in [0.2, 0.25) is 0 Å². The lowest BCUT2D eigenvalue weighted by atomic mass is 9.87. The summed E-state index contributed by atoms with van der Waals surface area (Å²) in [6, 6.07) is 0. The monoisotopic (exact) mass is 1000 g/mol. The molecule has 65 heavy (non-hydrogen) atoms. The minimum absolute atomic E-state index is 0.0328. The molecule has 370 valence electrons. The molecule has 1 aliphatic rings. The first-order chi connectivity index (χ1) is 30.6. The summed E-state index contributed by atoms with van der Waals surface area (Å²) in [5.41, 5.74) is 4.28. The Morgan fingerprint density at radius 1 is 0.923 bits per heavy atom. The smallest absolute Gasteiger partial charge is 0.386 e. The van der Waals surface area contributed by atoms with Crippen LogP contribution < -0.4 is 16.4 Å². The van der Waals surface area contributed by atoms with Crippen LogP contribution >= 0.6 is 35.2 Å². The lowest BCUT2D eigenvalue weighted by Gasteiger charge is -2.30. The van der Waals surface area contributed by atoms with Crippen molar-refractivity contribution in [3.05, 3.63) is 24.8 Å². The number of thioether (sulfide) groups is 1. The number of amides is 2. The SMILES string of the molecule is CCCCCC/C=C\CCCCCCCC(=O)SCCNC(=O)CCNC(=O)[C@H](O)C(C)(C)COP(=O)(O)OP(=O)(O)OC[C@H]1O[C@@H](n2cnc3c(N)ncnc32)[C@H](O)[C@H]1OP(=O)(O)O. The third-order valence-electron chi connectivity index (χ3n) is 9.91. The lowest BCUT2D eigenvalue weighted by molar-refractivity contribution is -0.137. The van der Waals surface area contributed by atoms with Gasteiger partial charge in [0.05, 0.1) is 19.5 Å². The molecule has 1 saturated heterocycles. The van der Waals surface area contributed by atoms with Crippen LogP contribution in [0.5, 0.6) is 0 Å². The van der Waals surface area contributed by atoms with E-state index >= 15 is 0 Å². The number of anilines is 1. The van der Waals surface area contributed by atoms with Crippen molar-refractivity contribution < 1.29 is 80.5 Å². The first kappa shape index (κ1) is 56.6. The van der Waals surface area contributed by atoms with Crippen LogP contribution in [0.3, 0.4) is 0 Å². The van der Waals surface area contributed by atoms with E-state index in [1.54, 1.807) is 0 Å². The second-order valence-corrected chi connectivity index (χ2v) is 21.3. The number of phosphoric ester groups is 3. The second-order valence-electron chi connectivity index (χ2n) is 15.9. The van der Waals surface area contributed by atoms with E-state index < -0.39 is 84.6 Å². The number of phosphoric acid groups is 3. The number of carbonyl (C=O) groups excluding carboxylic acids is 3. The first-order valence-electron chi connectivity index (χ1n) is 21.3. The predicted molar refractivity (Wildman–Crippen MR) is 237 cm³/mol. The van der Waals surface area contributed by atoms with Crippen LogP contribution in [0, 0.1) is 5.41 Å². The number of hydrogen-bond acceptors (Lipinski definition) is 18.